The van der Waals surface area contributed by atoms with Crippen LogP contribution in [-0.2, 0) is 15.0 Å². The molecule has 0 aromatic heterocycles. The van der Waals surface area contributed by atoms with Crippen molar-refractivity contribution in [2.45, 2.75) is 12.5 Å². The average Bonchev–Trinajstić information content (AvgIpc) is 2.26. The molecule has 0 radical (unpaired) electrons. The van der Waals surface area contributed by atoms with Crippen molar-refractivity contribution >= 4 is 17.6 Å². The Bertz CT molecular complexity index is 443. The van der Waals surface area contributed by atoms with E-state index in [4.69, 9.17) is 26.8 Å². The van der Waals surface area contributed by atoms with Gasteiger partial charge >= 0.3 is 5.97 Å². The van der Waals surface area contributed by atoms with Crippen molar-refractivity contribution in [3.8, 4) is 0 Å². The molecule has 0 aliphatic carbocycles. The predicted molar refractivity (Wildman–Crippen MR) is 64.1 cm³/mol. The van der Waals surface area contributed by atoms with Crippen molar-refractivity contribution in [2.24, 2.45) is 5.73 Å². The Hall–Kier alpha value is -1.10. The molecule has 1 saturated heterocycles. The summed E-state index contributed by atoms with van der Waals surface area (Å²) in [5.74, 6) is -0.378. The molecule has 2 N–H and O–H groups in total. The lowest BCUT2D eigenvalue weighted by Gasteiger charge is -2.38. The highest BCUT2D eigenvalue weighted by molar-refractivity contribution is 6.31. The first kappa shape index (κ1) is 12.4. The first-order valence-corrected chi connectivity index (χ1v) is 5.78. The smallest absolute Gasteiger partial charge is 0.338 e. The van der Waals surface area contributed by atoms with Gasteiger partial charge in [-0.1, -0.05) is 17.7 Å². The van der Waals surface area contributed by atoms with Crippen molar-refractivity contribution < 1.29 is 14.3 Å². The van der Waals surface area contributed by atoms with Gasteiger partial charge in [-0.25, -0.2) is 4.79 Å². The predicted octanol–water partition coefficient (Wildman–Crippen LogP) is 1.70. The Labute approximate surface area is 105 Å². The molecule has 0 saturated carbocycles. The van der Waals surface area contributed by atoms with Gasteiger partial charge in [0.25, 0.3) is 0 Å². The standard InChI is InChI=1S/C12H14ClNO3/c1-2-17-11(15)8-3-4-9(10(13)5-8)12(14)6-16-7-12/h3-5H,2,6-7,14H2,1H3. The second kappa shape index (κ2) is 4.64. The number of nitrogens with two attached hydrogens (primary N) is 1. The quantitative estimate of drug-likeness (QED) is 0.835. The van der Waals surface area contributed by atoms with Crippen LogP contribution in [0.15, 0.2) is 18.2 Å². The maximum absolute atomic E-state index is 11.5. The van der Waals surface area contributed by atoms with E-state index < -0.39 is 5.54 Å². The van der Waals surface area contributed by atoms with Crippen LogP contribution in [-0.4, -0.2) is 25.8 Å². The van der Waals surface area contributed by atoms with Crippen LogP contribution < -0.4 is 5.73 Å². The topological polar surface area (TPSA) is 61.5 Å². The van der Waals surface area contributed by atoms with Gasteiger partial charge in [-0.2, -0.15) is 0 Å². The second-order valence-electron chi connectivity index (χ2n) is 4.06. The van der Waals surface area contributed by atoms with Crippen LogP contribution in [0, 0.1) is 0 Å². The van der Waals surface area contributed by atoms with E-state index in [1.54, 1.807) is 25.1 Å². The van der Waals surface area contributed by atoms with E-state index in [0.717, 1.165) is 5.56 Å². The summed E-state index contributed by atoms with van der Waals surface area (Å²) in [7, 11) is 0. The Morgan fingerprint density at radius 3 is 2.76 bits per heavy atom. The van der Waals surface area contributed by atoms with Gasteiger partial charge in [-0.15, -0.1) is 0 Å². The Morgan fingerprint density at radius 2 is 2.29 bits per heavy atom. The van der Waals surface area contributed by atoms with Gasteiger partial charge in [-0.05, 0) is 24.6 Å². The fraction of sp³-hybridized carbons (Fsp3) is 0.417. The molecule has 2 rings (SSSR count). The van der Waals surface area contributed by atoms with Crippen molar-refractivity contribution in [1.82, 2.24) is 0 Å². The van der Waals surface area contributed by atoms with E-state index in [9.17, 15) is 4.79 Å². The van der Waals surface area contributed by atoms with Gasteiger partial charge in [0.05, 0.1) is 30.9 Å². The number of halogens is 1. The molecule has 5 heteroatoms. The molecule has 1 aliphatic rings. The SMILES string of the molecule is CCOC(=O)c1ccc(C2(N)COC2)c(Cl)c1. The normalized spacial score (nSPS) is 17.4. The van der Waals surface area contributed by atoms with Crippen LogP contribution in [0.2, 0.25) is 5.02 Å². The zero-order valence-corrected chi connectivity index (χ0v) is 10.3. The molecule has 1 heterocycles. The average molecular weight is 256 g/mol. The molecule has 0 spiro atoms. The Morgan fingerprint density at radius 1 is 1.59 bits per heavy atom. The van der Waals surface area contributed by atoms with Crippen molar-refractivity contribution in [3.05, 3.63) is 34.3 Å². The third-order valence-electron chi connectivity index (χ3n) is 2.74. The first-order valence-electron chi connectivity index (χ1n) is 5.40. The van der Waals surface area contributed by atoms with E-state index >= 15 is 0 Å². The first-order chi connectivity index (χ1) is 8.07. The largest absolute Gasteiger partial charge is 0.462 e. The number of carbonyl (C=O) groups excluding carboxylic acids is 1. The van der Waals surface area contributed by atoms with Crippen LogP contribution in [0.25, 0.3) is 0 Å². The highest BCUT2D eigenvalue weighted by Gasteiger charge is 2.37. The molecule has 4 nitrogen and oxygen atoms in total. The number of hydrogen-bond acceptors (Lipinski definition) is 4. The highest BCUT2D eigenvalue weighted by Crippen LogP contribution is 2.32. The van der Waals surface area contributed by atoms with Crippen LogP contribution in [0.4, 0.5) is 0 Å². The third-order valence-corrected chi connectivity index (χ3v) is 3.05. The minimum Gasteiger partial charge on any atom is -0.462 e. The highest BCUT2D eigenvalue weighted by atomic mass is 35.5. The molecule has 1 aromatic carbocycles. The van der Waals surface area contributed by atoms with Crippen LogP contribution in [0.1, 0.15) is 22.8 Å². The molecule has 0 amide bonds. The van der Waals surface area contributed by atoms with Gasteiger partial charge < -0.3 is 15.2 Å². The summed E-state index contributed by atoms with van der Waals surface area (Å²) >= 11 is 6.13. The third kappa shape index (κ3) is 2.29. The molecule has 1 aliphatic heterocycles. The number of benzene rings is 1. The lowest BCUT2D eigenvalue weighted by atomic mass is 9.88. The maximum Gasteiger partial charge on any atom is 0.338 e. The Kier molecular flexibility index (Phi) is 3.38. The molecule has 92 valence electrons. The number of rotatable bonds is 3. The van der Waals surface area contributed by atoms with Gasteiger partial charge in [0.1, 0.15) is 0 Å². The van der Waals surface area contributed by atoms with E-state index in [1.807, 2.05) is 0 Å². The molecular formula is C12H14ClNO3. The molecular weight excluding hydrogens is 242 g/mol. The maximum atomic E-state index is 11.5. The lowest BCUT2D eigenvalue weighted by Crippen LogP contribution is -2.54. The van der Waals surface area contributed by atoms with Gasteiger partial charge in [0.2, 0.25) is 0 Å². The van der Waals surface area contributed by atoms with Gasteiger partial charge in [-0.3, -0.25) is 0 Å². The molecule has 1 aromatic rings. The Balaban J connectivity index is 2.25. The summed E-state index contributed by atoms with van der Waals surface area (Å²) in [6, 6.07) is 5.02. The minimum atomic E-state index is -0.524. The van der Waals surface area contributed by atoms with E-state index in [2.05, 4.69) is 0 Å². The minimum absolute atomic E-state index is 0.340. The van der Waals surface area contributed by atoms with Crippen LogP contribution >= 0.6 is 11.6 Å². The molecule has 0 unspecified atom stereocenters. The van der Waals surface area contributed by atoms with E-state index in [1.165, 1.54) is 0 Å². The fourth-order valence-electron chi connectivity index (χ4n) is 1.74. The molecule has 0 atom stereocenters. The molecule has 17 heavy (non-hydrogen) atoms. The van der Waals surface area contributed by atoms with Gasteiger partial charge in [0.15, 0.2) is 0 Å². The lowest BCUT2D eigenvalue weighted by molar-refractivity contribution is -0.0568. The summed E-state index contributed by atoms with van der Waals surface area (Å²) in [4.78, 5) is 11.5. The number of carbonyl (C=O) groups is 1. The van der Waals surface area contributed by atoms with E-state index in [0.29, 0.717) is 30.4 Å². The van der Waals surface area contributed by atoms with Crippen molar-refractivity contribution in [2.75, 3.05) is 19.8 Å². The van der Waals surface area contributed by atoms with Crippen molar-refractivity contribution in [1.29, 1.82) is 0 Å². The monoisotopic (exact) mass is 255 g/mol. The zero-order chi connectivity index (χ0) is 12.5. The van der Waals surface area contributed by atoms with Gasteiger partial charge in [0, 0.05) is 5.02 Å². The van der Waals surface area contributed by atoms with Crippen molar-refractivity contribution in [3.63, 3.8) is 0 Å². The molecule has 1 fully saturated rings. The second-order valence-corrected chi connectivity index (χ2v) is 4.47. The number of esters is 1. The summed E-state index contributed by atoms with van der Waals surface area (Å²) in [6.07, 6.45) is 0. The number of hydrogen-bond donors (Lipinski definition) is 1. The number of ether oxygens (including phenoxy) is 2. The summed E-state index contributed by atoms with van der Waals surface area (Å²) < 4.78 is 9.98. The summed E-state index contributed by atoms with van der Waals surface area (Å²) in [6.45, 7) is 3.00. The van der Waals surface area contributed by atoms with Crippen LogP contribution in [0.3, 0.4) is 0 Å². The fourth-order valence-corrected chi connectivity index (χ4v) is 2.11. The van der Waals surface area contributed by atoms with Crippen LogP contribution in [0.5, 0.6) is 0 Å². The summed E-state index contributed by atoms with van der Waals surface area (Å²) in [5.41, 5.74) is 6.80. The molecule has 0 bridgehead atoms. The summed E-state index contributed by atoms with van der Waals surface area (Å²) in [5, 5.41) is 0.473. The zero-order valence-electron chi connectivity index (χ0n) is 9.53. The van der Waals surface area contributed by atoms with E-state index in [-0.39, 0.29) is 5.97 Å².